The molecule has 7 nitrogen and oxygen atoms in total. The van der Waals surface area contributed by atoms with Gasteiger partial charge in [-0.15, -0.1) is 0 Å². The molecular weight excluding hydrogens is 431 g/mol. The van der Waals surface area contributed by atoms with Gasteiger partial charge in [0.05, 0.1) is 6.04 Å². The van der Waals surface area contributed by atoms with Crippen LogP contribution < -0.4 is 16.4 Å². The molecule has 0 bridgehead atoms. The second kappa shape index (κ2) is 12.8. The minimum absolute atomic E-state index is 0.0574. The molecule has 1 aliphatic heterocycles. The van der Waals surface area contributed by atoms with E-state index in [2.05, 4.69) is 10.6 Å². The van der Waals surface area contributed by atoms with E-state index in [-0.39, 0.29) is 41.9 Å². The number of hydrogen-bond acceptors (Lipinski definition) is 5. The summed E-state index contributed by atoms with van der Waals surface area (Å²) in [4.78, 5) is 39.7. The maximum atomic E-state index is 13.8. The third-order valence-corrected chi connectivity index (χ3v) is 6.43. The summed E-state index contributed by atoms with van der Waals surface area (Å²) >= 11 is 1.66. The quantitative estimate of drug-likeness (QED) is 0.489. The number of thioether (sulfide) groups is 1. The normalized spacial score (nSPS) is 16.5. The molecular formula is C23H35FN4O3S. The molecule has 1 heterocycles. The van der Waals surface area contributed by atoms with Crippen molar-refractivity contribution in [2.45, 2.75) is 51.7 Å². The molecule has 0 radical (unpaired) electrons. The summed E-state index contributed by atoms with van der Waals surface area (Å²) in [5.41, 5.74) is 6.38. The number of nitrogens with one attached hydrogen (secondary N) is 2. The summed E-state index contributed by atoms with van der Waals surface area (Å²) in [7, 11) is 0. The highest BCUT2D eigenvalue weighted by atomic mass is 32.2. The standard InChI is InChI=1S/C23H35FN4O3S/c1-15(2)20(22(30)26-14-17-6-4-5-7-18(17)24)27-21(29)16-8-11-28(12-9-16)23(31)19(25)10-13-32-3/h4-7,15-16,19-20H,8-14,25H2,1-3H3,(H,26,30)(H,27,29)/t19-,20-/m0/s1. The topological polar surface area (TPSA) is 105 Å². The Morgan fingerprint density at radius 3 is 2.47 bits per heavy atom. The molecule has 0 aromatic heterocycles. The Labute approximate surface area is 194 Å². The van der Waals surface area contributed by atoms with Crippen molar-refractivity contribution in [3.05, 3.63) is 35.6 Å². The molecule has 0 unspecified atom stereocenters. The van der Waals surface area contributed by atoms with Crippen molar-refractivity contribution >= 4 is 29.5 Å². The number of hydrogen-bond donors (Lipinski definition) is 3. The van der Waals surface area contributed by atoms with Crippen molar-refractivity contribution in [2.24, 2.45) is 17.6 Å². The number of amides is 3. The van der Waals surface area contributed by atoms with E-state index in [1.165, 1.54) is 6.07 Å². The molecule has 3 amide bonds. The van der Waals surface area contributed by atoms with Gasteiger partial charge in [-0.3, -0.25) is 14.4 Å². The summed E-state index contributed by atoms with van der Waals surface area (Å²) in [5, 5.41) is 5.57. The Morgan fingerprint density at radius 2 is 1.88 bits per heavy atom. The minimum Gasteiger partial charge on any atom is -0.350 e. The average Bonchev–Trinajstić information content (AvgIpc) is 2.79. The van der Waals surface area contributed by atoms with Gasteiger partial charge in [0.25, 0.3) is 0 Å². The van der Waals surface area contributed by atoms with Crippen LogP contribution in [0.4, 0.5) is 4.39 Å². The lowest BCUT2D eigenvalue weighted by Gasteiger charge is -2.33. The average molecular weight is 467 g/mol. The van der Waals surface area contributed by atoms with E-state index in [1.54, 1.807) is 34.9 Å². The van der Waals surface area contributed by atoms with Gasteiger partial charge in [0.2, 0.25) is 17.7 Å². The zero-order valence-corrected chi connectivity index (χ0v) is 19.9. The number of piperidine rings is 1. The maximum Gasteiger partial charge on any atom is 0.243 e. The van der Waals surface area contributed by atoms with Gasteiger partial charge >= 0.3 is 0 Å². The van der Waals surface area contributed by atoms with Gasteiger partial charge in [0, 0.05) is 31.1 Å². The molecule has 178 valence electrons. The van der Waals surface area contributed by atoms with Crippen LogP contribution in [0.3, 0.4) is 0 Å². The molecule has 0 aliphatic carbocycles. The van der Waals surface area contributed by atoms with Gasteiger partial charge in [-0.05, 0) is 43.3 Å². The largest absolute Gasteiger partial charge is 0.350 e. The van der Waals surface area contributed by atoms with Crippen molar-refractivity contribution in [3.8, 4) is 0 Å². The smallest absolute Gasteiger partial charge is 0.243 e. The van der Waals surface area contributed by atoms with Crippen LogP contribution in [0, 0.1) is 17.7 Å². The van der Waals surface area contributed by atoms with Crippen molar-refractivity contribution in [3.63, 3.8) is 0 Å². The second-order valence-electron chi connectivity index (χ2n) is 8.53. The van der Waals surface area contributed by atoms with Crippen molar-refractivity contribution in [1.82, 2.24) is 15.5 Å². The highest BCUT2D eigenvalue weighted by Gasteiger charge is 2.32. The molecule has 0 spiro atoms. The van der Waals surface area contributed by atoms with Gasteiger partial charge in [0.1, 0.15) is 11.9 Å². The fourth-order valence-corrected chi connectivity index (χ4v) is 4.19. The van der Waals surface area contributed by atoms with E-state index in [0.29, 0.717) is 37.9 Å². The number of halogens is 1. The molecule has 4 N–H and O–H groups in total. The summed E-state index contributed by atoms with van der Waals surface area (Å²) in [6.45, 7) is 4.73. The van der Waals surface area contributed by atoms with Crippen molar-refractivity contribution in [2.75, 3.05) is 25.1 Å². The molecule has 9 heteroatoms. The maximum absolute atomic E-state index is 13.8. The molecule has 2 rings (SSSR count). The highest BCUT2D eigenvalue weighted by molar-refractivity contribution is 7.98. The van der Waals surface area contributed by atoms with Crippen LogP contribution in [0.15, 0.2) is 24.3 Å². The van der Waals surface area contributed by atoms with Gasteiger partial charge in [0.15, 0.2) is 0 Å². The van der Waals surface area contributed by atoms with E-state index in [4.69, 9.17) is 5.73 Å². The minimum atomic E-state index is -0.714. The second-order valence-corrected chi connectivity index (χ2v) is 9.51. The number of likely N-dealkylation sites (tertiary alicyclic amines) is 1. The Hall–Kier alpha value is -2.13. The summed E-state index contributed by atoms with van der Waals surface area (Å²) in [6.07, 6.45) is 3.69. The molecule has 1 aromatic rings. The lowest BCUT2D eigenvalue weighted by Crippen LogP contribution is -2.53. The number of carbonyl (C=O) groups excluding carboxylic acids is 3. The predicted molar refractivity (Wildman–Crippen MR) is 125 cm³/mol. The third kappa shape index (κ3) is 7.48. The SMILES string of the molecule is CSCC[C@H](N)C(=O)N1CCC(C(=O)N[C@H](C(=O)NCc2ccccc2F)C(C)C)CC1. The molecule has 32 heavy (non-hydrogen) atoms. The number of carbonyl (C=O) groups is 3. The van der Waals surface area contributed by atoms with Gasteiger partial charge in [-0.1, -0.05) is 32.0 Å². The Bertz CT molecular complexity index is 784. The lowest BCUT2D eigenvalue weighted by atomic mass is 9.94. The molecule has 1 saturated heterocycles. The molecule has 1 aromatic carbocycles. The zero-order valence-electron chi connectivity index (χ0n) is 19.1. The van der Waals surface area contributed by atoms with Crippen LogP contribution >= 0.6 is 11.8 Å². The van der Waals surface area contributed by atoms with Gasteiger partial charge < -0.3 is 21.3 Å². The van der Waals surface area contributed by atoms with E-state index in [1.807, 2.05) is 20.1 Å². The first-order valence-corrected chi connectivity index (χ1v) is 12.5. The monoisotopic (exact) mass is 466 g/mol. The fourth-order valence-electron chi connectivity index (χ4n) is 3.70. The van der Waals surface area contributed by atoms with Gasteiger partial charge in [-0.2, -0.15) is 11.8 Å². The predicted octanol–water partition coefficient (Wildman–Crippen LogP) is 1.90. The summed E-state index contributed by atoms with van der Waals surface area (Å²) < 4.78 is 13.8. The Morgan fingerprint density at radius 1 is 1.22 bits per heavy atom. The van der Waals surface area contributed by atoms with Gasteiger partial charge in [-0.25, -0.2) is 4.39 Å². The van der Waals surface area contributed by atoms with E-state index < -0.39 is 12.1 Å². The summed E-state index contributed by atoms with van der Waals surface area (Å²) in [6, 6.07) is 5.04. The number of nitrogens with two attached hydrogens (primary N) is 1. The van der Waals surface area contributed by atoms with Crippen molar-refractivity contribution < 1.29 is 18.8 Å². The van der Waals surface area contributed by atoms with Crippen LogP contribution in [0.5, 0.6) is 0 Å². The Balaban J connectivity index is 1.86. The van der Waals surface area contributed by atoms with Crippen LogP contribution in [0.1, 0.15) is 38.7 Å². The number of benzene rings is 1. The van der Waals surface area contributed by atoms with Crippen LogP contribution in [-0.2, 0) is 20.9 Å². The number of nitrogens with zero attached hydrogens (tertiary/aromatic N) is 1. The van der Waals surface area contributed by atoms with E-state index >= 15 is 0 Å². The highest BCUT2D eigenvalue weighted by Crippen LogP contribution is 2.19. The first-order chi connectivity index (χ1) is 15.2. The molecule has 2 atom stereocenters. The first-order valence-electron chi connectivity index (χ1n) is 11.1. The van der Waals surface area contributed by atoms with E-state index in [0.717, 1.165) is 5.75 Å². The number of rotatable bonds is 10. The molecule has 1 fully saturated rings. The van der Waals surface area contributed by atoms with E-state index in [9.17, 15) is 18.8 Å². The zero-order chi connectivity index (χ0) is 23.7. The van der Waals surface area contributed by atoms with Crippen LogP contribution in [-0.4, -0.2) is 59.8 Å². The summed E-state index contributed by atoms with van der Waals surface area (Å²) in [5.74, 6) is -0.537. The third-order valence-electron chi connectivity index (χ3n) is 5.79. The fraction of sp³-hybridized carbons (Fsp3) is 0.609. The molecule has 1 aliphatic rings. The van der Waals surface area contributed by atoms with Crippen LogP contribution in [0.25, 0.3) is 0 Å². The molecule has 0 saturated carbocycles. The van der Waals surface area contributed by atoms with Crippen molar-refractivity contribution in [1.29, 1.82) is 0 Å². The first kappa shape index (κ1) is 26.1. The van der Waals surface area contributed by atoms with Crippen LogP contribution in [0.2, 0.25) is 0 Å². The lowest BCUT2D eigenvalue weighted by molar-refractivity contribution is -0.137. The Kier molecular flexibility index (Phi) is 10.4.